The minimum atomic E-state index is 0.804. The number of imidazole rings is 1. The van der Waals surface area contributed by atoms with E-state index in [0.717, 1.165) is 30.3 Å². The number of nitrogens with zero attached hydrogens (tertiary/aromatic N) is 4. The number of anilines is 1. The Balaban J connectivity index is 1.69. The molecule has 0 atom stereocenters. The van der Waals surface area contributed by atoms with E-state index in [9.17, 15) is 0 Å². The maximum absolute atomic E-state index is 4.71. The molecule has 0 bridgehead atoms. The fourth-order valence-electron chi connectivity index (χ4n) is 3.37. The maximum atomic E-state index is 4.71. The Labute approximate surface area is 130 Å². The molecule has 0 unspecified atom stereocenters. The largest absolute Gasteiger partial charge is 0.365 e. The summed E-state index contributed by atoms with van der Waals surface area (Å²) in [6.45, 7) is 6.06. The molecule has 4 nitrogen and oxygen atoms in total. The lowest BCUT2D eigenvalue weighted by Crippen LogP contribution is -2.28. The number of benzene rings is 1. The van der Waals surface area contributed by atoms with E-state index in [4.69, 9.17) is 4.98 Å². The van der Waals surface area contributed by atoms with Crippen LogP contribution in [-0.4, -0.2) is 20.9 Å². The van der Waals surface area contributed by atoms with Gasteiger partial charge in [-0.15, -0.1) is 0 Å². The van der Waals surface area contributed by atoms with Crippen LogP contribution in [0.4, 0.5) is 5.69 Å². The van der Waals surface area contributed by atoms with Crippen LogP contribution >= 0.6 is 0 Å². The number of para-hydroxylation sites is 1. The van der Waals surface area contributed by atoms with E-state index in [2.05, 4.69) is 57.7 Å². The van der Waals surface area contributed by atoms with Crippen LogP contribution in [0.3, 0.4) is 0 Å². The topological polar surface area (TPSA) is 33.4 Å². The lowest BCUT2D eigenvalue weighted by Gasteiger charge is -2.30. The van der Waals surface area contributed by atoms with Gasteiger partial charge in [0, 0.05) is 29.8 Å². The highest BCUT2D eigenvalue weighted by molar-refractivity contribution is 5.55. The summed E-state index contributed by atoms with van der Waals surface area (Å²) in [6, 6.07) is 10.8. The highest BCUT2D eigenvalue weighted by Crippen LogP contribution is 2.27. The van der Waals surface area contributed by atoms with Crippen molar-refractivity contribution in [3.8, 4) is 0 Å². The Kier molecular flexibility index (Phi) is 3.10. The van der Waals surface area contributed by atoms with Gasteiger partial charge in [0.2, 0.25) is 5.78 Å². The number of fused-ring (bicyclic) bond motifs is 2. The molecule has 0 amide bonds. The summed E-state index contributed by atoms with van der Waals surface area (Å²) in [7, 11) is 0. The number of hydrogen-bond acceptors (Lipinski definition) is 3. The Hall–Kier alpha value is -2.36. The van der Waals surface area contributed by atoms with Crippen LogP contribution < -0.4 is 4.90 Å². The predicted molar refractivity (Wildman–Crippen MR) is 88.3 cm³/mol. The van der Waals surface area contributed by atoms with Gasteiger partial charge in [-0.1, -0.05) is 18.2 Å². The molecule has 4 heteroatoms. The first-order valence-electron chi connectivity index (χ1n) is 7.86. The monoisotopic (exact) mass is 292 g/mol. The normalized spacial score (nSPS) is 14.4. The van der Waals surface area contributed by atoms with Crippen LogP contribution in [0.25, 0.3) is 5.78 Å². The third kappa shape index (κ3) is 2.25. The van der Waals surface area contributed by atoms with E-state index < -0.39 is 0 Å². The molecule has 0 saturated heterocycles. The Bertz CT molecular complexity index is 834. The molecule has 22 heavy (non-hydrogen) atoms. The summed E-state index contributed by atoms with van der Waals surface area (Å²) in [5.41, 5.74) is 6.08. The van der Waals surface area contributed by atoms with Gasteiger partial charge in [0.25, 0.3) is 0 Å². The van der Waals surface area contributed by atoms with Gasteiger partial charge in [0.05, 0.1) is 12.2 Å². The van der Waals surface area contributed by atoms with Gasteiger partial charge in [-0.05, 0) is 44.4 Å². The van der Waals surface area contributed by atoms with Gasteiger partial charge in [-0.3, -0.25) is 4.40 Å². The van der Waals surface area contributed by atoms with Gasteiger partial charge in [-0.25, -0.2) is 9.97 Å². The van der Waals surface area contributed by atoms with Crippen molar-refractivity contribution < 1.29 is 0 Å². The fourth-order valence-corrected chi connectivity index (χ4v) is 3.37. The van der Waals surface area contributed by atoms with Crippen LogP contribution in [0.1, 0.15) is 29.1 Å². The van der Waals surface area contributed by atoms with Crippen molar-refractivity contribution >= 4 is 11.5 Å². The smallest absolute Gasteiger partial charge is 0.234 e. The highest BCUT2D eigenvalue weighted by Gasteiger charge is 2.17. The molecular formula is C18H20N4. The molecule has 1 aromatic carbocycles. The molecule has 4 rings (SSSR count). The van der Waals surface area contributed by atoms with Crippen molar-refractivity contribution in [3.05, 3.63) is 59.2 Å². The summed E-state index contributed by atoms with van der Waals surface area (Å²) >= 11 is 0. The van der Waals surface area contributed by atoms with E-state index in [1.807, 2.05) is 6.92 Å². The van der Waals surface area contributed by atoms with Gasteiger partial charge in [-0.2, -0.15) is 0 Å². The zero-order valence-corrected chi connectivity index (χ0v) is 13.1. The molecular weight excluding hydrogens is 272 g/mol. The third-order valence-electron chi connectivity index (χ3n) is 4.37. The SMILES string of the molecule is Cc1cc(C)n2cc(CN3CCCc4ccccc43)nc2n1. The summed E-state index contributed by atoms with van der Waals surface area (Å²) in [5.74, 6) is 0.804. The summed E-state index contributed by atoms with van der Waals surface area (Å²) < 4.78 is 2.08. The number of rotatable bonds is 2. The fraction of sp³-hybridized carbons (Fsp3) is 0.333. The molecule has 0 fully saturated rings. The summed E-state index contributed by atoms with van der Waals surface area (Å²) in [4.78, 5) is 11.7. The van der Waals surface area contributed by atoms with E-state index >= 15 is 0 Å². The van der Waals surface area contributed by atoms with E-state index in [-0.39, 0.29) is 0 Å². The molecule has 0 saturated carbocycles. The van der Waals surface area contributed by atoms with E-state index in [1.54, 1.807) is 0 Å². The third-order valence-corrected chi connectivity index (χ3v) is 4.37. The molecule has 3 aromatic rings. The molecule has 1 aliphatic rings. The van der Waals surface area contributed by atoms with Crippen LogP contribution in [0.2, 0.25) is 0 Å². The second-order valence-electron chi connectivity index (χ2n) is 6.09. The Morgan fingerprint density at radius 3 is 2.91 bits per heavy atom. The van der Waals surface area contributed by atoms with E-state index in [1.165, 1.54) is 29.8 Å². The summed E-state index contributed by atoms with van der Waals surface area (Å²) in [6.07, 6.45) is 4.51. The molecule has 2 aromatic heterocycles. The van der Waals surface area contributed by atoms with Gasteiger partial charge in [0.1, 0.15) is 0 Å². The Morgan fingerprint density at radius 1 is 1.14 bits per heavy atom. The van der Waals surface area contributed by atoms with Crippen LogP contribution in [-0.2, 0) is 13.0 Å². The summed E-state index contributed by atoms with van der Waals surface area (Å²) in [5, 5.41) is 0. The van der Waals surface area contributed by atoms with Crippen molar-refractivity contribution in [3.63, 3.8) is 0 Å². The lowest BCUT2D eigenvalue weighted by molar-refractivity contribution is 0.685. The number of hydrogen-bond donors (Lipinski definition) is 0. The van der Waals surface area contributed by atoms with Crippen molar-refractivity contribution in [2.45, 2.75) is 33.2 Å². The van der Waals surface area contributed by atoms with E-state index in [0.29, 0.717) is 0 Å². The van der Waals surface area contributed by atoms with Crippen LogP contribution in [0.15, 0.2) is 36.5 Å². The molecule has 112 valence electrons. The average molecular weight is 292 g/mol. The minimum Gasteiger partial charge on any atom is -0.365 e. The first-order chi connectivity index (χ1) is 10.7. The number of aryl methyl sites for hydroxylation is 3. The zero-order valence-electron chi connectivity index (χ0n) is 13.1. The van der Waals surface area contributed by atoms with Crippen molar-refractivity contribution in [2.24, 2.45) is 0 Å². The first kappa shape index (κ1) is 13.3. The predicted octanol–water partition coefficient (Wildman–Crippen LogP) is 3.30. The lowest BCUT2D eigenvalue weighted by atomic mass is 10.0. The molecule has 1 aliphatic heterocycles. The molecule has 0 radical (unpaired) electrons. The van der Waals surface area contributed by atoms with Gasteiger partial charge >= 0.3 is 0 Å². The van der Waals surface area contributed by atoms with Crippen molar-refractivity contribution in [2.75, 3.05) is 11.4 Å². The van der Waals surface area contributed by atoms with Gasteiger partial charge < -0.3 is 4.90 Å². The molecule has 3 heterocycles. The minimum absolute atomic E-state index is 0.804. The van der Waals surface area contributed by atoms with Crippen LogP contribution in [0.5, 0.6) is 0 Å². The zero-order chi connectivity index (χ0) is 15.1. The standard InChI is InChI=1S/C18H20N4/c1-13-10-14(2)22-12-16(20-18(22)19-13)11-21-9-5-7-15-6-3-4-8-17(15)21/h3-4,6,8,10,12H,5,7,9,11H2,1-2H3. The maximum Gasteiger partial charge on any atom is 0.234 e. The molecule has 0 spiro atoms. The van der Waals surface area contributed by atoms with Gasteiger partial charge in [0.15, 0.2) is 0 Å². The van der Waals surface area contributed by atoms with Crippen molar-refractivity contribution in [1.29, 1.82) is 0 Å². The number of aromatic nitrogens is 3. The second kappa shape index (κ2) is 5.13. The average Bonchev–Trinajstić information content (AvgIpc) is 2.90. The second-order valence-corrected chi connectivity index (χ2v) is 6.09. The Morgan fingerprint density at radius 2 is 2.00 bits per heavy atom. The molecule has 0 aliphatic carbocycles. The highest BCUT2D eigenvalue weighted by atomic mass is 15.2. The molecule has 0 N–H and O–H groups in total. The van der Waals surface area contributed by atoms with Crippen molar-refractivity contribution in [1.82, 2.24) is 14.4 Å². The first-order valence-corrected chi connectivity index (χ1v) is 7.86. The quantitative estimate of drug-likeness (QED) is 0.726. The van der Waals surface area contributed by atoms with Crippen LogP contribution in [0, 0.1) is 13.8 Å².